The maximum atomic E-state index is 12.4. The summed E-state index contributed by atoms with van der Waals surface area (Å²) in [5.74, 6) is -2.13. The van der Waals surface area contributed by atoms with Crippen LogP contribution in [0, 0.1) is 10.1 Å². The van der Waals surface area contributed by atoms with Crippen molar-refractivity contribution in [2.24, 2.45) is 0 Å². The SMILES string of the molecule is COc1ccc2cc([C@H](CCC(=O)N(C)CC(=O)NCCO[N+](=O)[O-])C(=O)O)ccc2c1. The molecule has 0 saturated carbocycles. The summed E-state index contributed by atoms with van der Waals surface area (Å²) in [6, 6.07) is 10.8. The lowest BCUT2D eigenvalue weighted by Gasteiger charge is -2.19. The molecular formula is C21H25N3O8. The highest BCUT2D eigenvalue weighted by molar-refractivity contribution is 5.87. The minimum atomic E-state index is -1.04. The van der Waals surface area contributed by atoms with Crippen molar-refractivity contribution in [2.75, 3.05) is 33.9 Å². The zero-order valence-corrected chi connectivity index (χ0v) is 17.8. The Morgan fingerprint density at radius 2 is 1.88 bits per heavy atom. The molecule has 2 N–H and O–H groups in total. The monoisotopic (exact) mass is 447 g/mol. The largest absolute Gasteiger partial charge is 0.497 e. The van der Waals surface area contributed by atoms with Crippen molar-refractivity contribution in [2.45, 2.75) is 18.8 Å². The summed E-state index contributed by atoms with van der Waals surface area (Å²) in [7, 11) is 2.99. The third-order valence-corrected chi connectivity index (χ3v) is 4.85. The number of hydrogen-bond donors (Lipinski definition) is 2. The van der Waals surface area contributed by atoms with Crippen molar-refractivity contribution in [3.05, 3.63) is 52.1 Å². The zero-order chi connectivity index (χ0) is 23.7. The van der Waals surface area contributed by atoms with Crippen molar-refractivity contribution in [1.29, 1.82) is 0 Å². The van der Waals surface area contributed by atoms with E-state index in [-0.39, 0.29) is 32.5 Å². The molecule has 0 unspecified atom stereocenters. The molecule has 2 amide bonds. The number of amides is 2. The van der Waals surface area contributed by atoms with E-state index in [4.69, 9.17) is 4.74 Å². The van der Waals surface area contributed by atoms with Crippen molar-refractivity contribution in [3.63, 3.8) is 0 Å². The van der Waals surface area contributed by atoms with Crippen LogP contribution in [0.3, 0.4) is 0 Å². The summed E-state index contributed by atoms with van der Waals surface area (Å²) in [5, 5.41) is 22.9. The summed E-state index contributed by atoms with van der Waals surface area (Å²) >= 11 is 0. The summed E-state index contributed by atoms with van der Waals surface area (Å²) in [6.07, 6.45) is 0.00426. The highest BCUT2D eigenvalue weighted by Crippen LogP contribution is 2.28. The molecule has 172 valence electrons. The molecular weight excluding hydrogens is 422 g/mol. The fourth-order valence-corrected chi connectivity index (χ4v) is 3.15. The van der Waals surface area contributed by atoms with E-state index in [2.05, 4.69) is 10.2 Å². The van der Waals surface area contributed by atoms with Crippen LogP contribution >= 0.6 is 0 Å². The molecule has 0 fully saturated rings. The topological polar surface area (TPSA) is 148 Å². The quantitative estimate of drug-likeness (QED) is 0.283. The van der Waals surface area contributed by atoms with Crippen molar-refractivity contribution in [3.8, 4) is 5.75 Å². The first-order valence-electron chi connectivity index (χ1n) is 9.79. The van der Waals surface area contributed by atoms with Crippen LogP contribution in [0.1, 0.15) is 24.3 Å². The number of nitrogens with one attached hydrogen (secondary N) is 1. The van der Waals surface area contributed by atoms with E-state index in [1.165, 1.54) is 11.9 Å². The van der Waals surface area contributed by atoms with Gasteiger partial charge in [0.25, 0.3) is 5.09 Å². The maximum Gasteiger partial charge on any atom is 0.310 e. The smallest absolute Gasteiger partial charge is 0.310 e. The standard InChI is InChI=1S/C21H25N3O8/c1-23(13-19(25)22-9-10-32-24(29)30)20(26)8-7-18(21(27)28)16-4-3-15-12-17(31-2)6-5-14(15)11-16/h3-6,11-12,18H,7-10,13H2,1-2H3,(H,22,25)(H,27,28)/t18-/m0/s1. The normalized spacial score (nSPS) is 11.4. The van der Waals surface area contributed by atoms with Gasteiger partial charge in [0.15, 0.2) is 0 Å². The number of benzene rings is 2. The van der Waals surface area contributed by atoms with Crippen LogP contribution in [0.15, 0.2) is 36.4 Å². The molecule has 32 heavy (non-hydrogen) atoms. The zero-order valence-electron chi connectivity index (χ0n) is 17.8. The molecule has 11 nitrogen and oxygen atoms in total. The number of carbonyl (C=O) groups excluding carboxylic acids is 2. The molecule has 0 bridgehead atoms. The average Bonchev–Trinajstić information content (AvgIpc) is 2.75. The summed E-state index contributed by atoms with van der Waals surface area (Å²) in [6.45, 7) is -0.626. The van der Waals surface area contributed by atoms with E-state index in [0.717, 1.165) is 10.8 Å². The van der Waals surface area contributed by atoms with E-state index < -0.39 is 28.8 Å². The number of nitrogens with zero attached hydrogens (tertiary/aromatic N) is 2. The van der Waals surface area contributed by atoms with Gasteiger partial charge in [-0.1, -0.05) is 24.3 Å². The molecule has 0 aliphatic carbocycles. The van der Waals surface area contributed by atoms with E-state index in [1.807, 2.05) is 18.2 Å². The number of hydrogen-bond acceptors (Lipinski definition) is 7. The number of fused-ring (bicyclic) bond motifs is 1. The maximum absolute atomic E-state index is 12.4. The number of likely N-dealkylation sites (N-methyl/N-ethyl adjacent to an activating group) is 1. The summed E-state index contributed by atoms with van der Waals surface area (Å²) < 4.78 is 5.19. The molecule has 0 aromatic heterocycles. The van der Waals surface area contributed by atoms with Crippen LogP contribution in [0.5, 0.6) is 5.75 Å². The number of rotatable bonds is 12. The second-order valence-electron chi connectivity index (χ2n) is 7.06. The molecule has 0 spiro atoms. The predicted octanol–water partition coefficient (Wildman–Crippen LogP) is 1.58. The van der Waals surface area contributed by atoms with Gasteiger partial charge in [-0.2, -0.15) is 0 Å². The molecule has 2 aromatic rings. The van der Waals surface area contributed by atoms with E-state index >= 15 is 0 Å². The molecule has 11 heteroatoms. The number of methoxy groups -OCH3 is 1. The number of aliphatic carboxylic acids is 1. The average molecular weight is 447 g/mol. The van der Waals surface area contributed by atoms with Gasteiger partial charge < -0.3 is 24.9 Å². The first kappa shape index (κ1) is 24.4. The number of carboxylic acid groups (broad SMARTS) is 1. The van der Waals surface area contributed by atoms with Crippen LogP contribution in [0.4, 0.5) is 0 Å². The highest BCUT2D eigenvalue weighted by atomic mass is 16.9. The minimum absolute atomic E-state index is 0.0637. The van der Waals surface area contributed by atoms with Crippen LogP contribution in [0.25, 0.3) is 10.8 Å². The Kier molecular flexibility index (Phi) is 8.75. The Bertz CT molecular complexity index is 994. The number of ether oxygens (including phenoxy) is 1. The van der Waals surface area contributed by atoms with Gasteiger partial charge in [-0.15, -0.1) is 10.1 Å². The molecule has 0 aliphatic heterocycles. The second kappa shape index (κ2) is 11.5. The first-order valence-corrected chi connectivity index (χ1v) is 9.79. The van der Waals surface area contributed by atoms with Crippen molar-refractivity contribution < 1.29 is 34.2 Å². The highest BCUT2D eigenvalue weighted by Gasteiger charge is 2.23. The van der Waals surface area contributed by atoms with Crippen molar-refractivity contribution in [1.82, 2.24) is 10.2 Å². The van der Waals surface area contributed by atoms with E-state index in [9.17, 15) is 29.6 Å². The molecule has 1 atom stereocenters. The van der Waals surface area contributed by atoms with Gasteiger partial charge in [-0.25, -0.2) is 0 Å². The van der Waals surface area contributed by atoms with E-state index in [1.54, 1.807) is 25.3 Å². The van der Waals surface area contributed by atoms with Crippen LogP contribution in [0.2, 0.25) is 0 Å². The number of carbonyl (C=O) groups is 3. The van der Waals surface area contributed by atoms with Gasteiger partial charge in [-0.3, -0.25) is 14.4 Å². The van der Waals surface area contributed by atoms with Gasteiger partial charge in [0.2, 0.25) is 11.8 Å². The molecule has 2 aromatic carbocycles. The molecule has 0 aliphatic rings. The fraction of sp³-hybridized carbons (Fsp3) is 0.381. The summed E-state index contributed by atoms with van der Waals surface area (Å²) in [4.78, 5) is 51.3. The minimum Gasteiger partial charge on any atom is -0.497 e. The third-order valence-electron chi connectivity index (χ3n) is 4.85. The predicted molar refractivity (Wildman–Crippen MR) is 114 cm³/mol. The molecule has 2 rings (SSSR count). The van der Waals surface area contributed by atoms with Crippen LogP contribution in [-0.4, -0.2) is 66.7 Å². The Balaban J connectivity index is 1.93. The van der Waals surface area contributed by atoms with Crippen LogP contribution in [-0.2, 0) is 19.2 Å². The van der Waals surface area contributed by atoms with Gasteiger partial charge in [-0.05, 0) is 34.9 Å². The Hall–Kier alpha value is -3.89. The summed E-state index contributed by atoms with van der Waals surface area (Å²) in [5.41, 5.74) is 0.578. The molecule has 0 radical (unpaired) electrons. The van der Waals surface area contributed by atoms with Crippen molar-refractivity contribution >= 4 is 28.6 Å². The lowest BCUT2D eigenvalue weighted by Crippen LogP contribution is -2.39. The number of carboxylic acids is 1. The van der Waals surface area contributed by atoms with Gasteiger partial charge in [0.1, 0.15) is 12.4 Å². The Morgan fingerprint density at radius 3 is 2.53 bits per heavy atom. The molecule has 0 heterocycles. The Labute approximate surface area is 184 Å². The van der Waals surface area contributed by atoms with Gasteiger partial charge in [0, 0.05) is 20.0 Å². The second-order valence-corrected chi connectivity index (χ2v) is 7.06. The van der Waals surface area contributed by atoms with Crippen LogP contribution < -0.4 is 10.1 Å². The molecule has 0 saturated heterocycles. The first-order chi connectivity index (χ1) is 15.2. The lowest BCUT2D eigenvalue weighted by atomic mass is 9.92. The third kappa shape index (κ3) is 7.11. The Morgan fingerprint density at radius 1 is 1.19 bits per heavy atom. The fourth-order valence-electron chi connectivity index (χ4n) is 3.15. The lowest BCUT2D eigenvalue weighted by molar-refractivity contribution is -0.757. The van der Waals surface area contributed by atoms with Gasteiger partial charge >= 0.3 is 5.97 Å². The van der Waals surface area contributed by atoms with Gasteiger partial charge in [0.05, 0.1) is 19.6 Å². The van der Waals surface area contributed by atoms with E-state index in [0.29, 0.717) is 11.3 Å².